The summed E-state index contributed by atoms with van der Waals surface area (Å²) in [5.41, 5.74) is -0.413. The highest BCUT2D eigenvalue weighted by Crippen LogP contribution is 2.31. The van der Waals surface area contributed by atoms with Crippen molar-refractivity contribution >= 4 is 5.91 Å². The van der Waals surface area contributed by atoms with E-state index >= 15 is 0 Å². The largest absolute Gasteiger partial charge is 0.416 e. The van der Waals surface area contributed by atoms with E-state index in [9.17, 15) is 18.0 Å². The van der Waals surface area contributed by atoms with Crippen molar-refractivity contribution in [3.05, 3.63) is 35.4 Å². The Labute approximate surface area is 113 Å². The van der Waals surface area contributed by atoms with Crippen LogP contribution in [0.25, 0.3) is 0 Å². The van der Waals surface area contributed by atoms with Crippen molar-refractivity contribution in [2.45, 2.75) is 18.3 Å². The van der Waals surface area contributed by atoms with Crippen molar-refractivity contribution in [2.75, 3.05) is 20.3 Å². The lowest BCUT2D eigenvalue weighted by atomic mass is 10.0. The summed E-state index contributed by atoms with van der Waals surface area (Å²) in [6.45, 7) is 0.425. The molecule has 1 saturated heterocycles. The predicted molar refractivity (Wildman–Crippen MR) is 63.9 cm³/mol. The minimum atomic E-state index is -4.42. The maximum Gasteiger partial charge on any atom is 0.416 e. The summed E-state index contributed by atoms with van der Waals surface area (Å²) in [6.07, 6.45) is -4.92. The van der Waals surface area contributed by atoms with Crippen LogP contribution in [0.15, 0.2) is 24.3 Å². The second-order valence-electron chi connectivity index (χ2n) is 4.46. The fourth-order valence-corrected chi connectivity index (χ4v) is 1.78. The number of epoxide rings is 1. The molecular weight excluding hydrogens is 275 g/mol. The van der Waals surface area contributed by atoms with Crippen LogP contribution in [0.5, 0.6) is 0 Å². The van der Waals surface area contributed by atoms with Gasteiger partial charge in [-0.05, 0) is 17.7 Å². The van der Waals surface area contributed by atoms with Gasteiger partial charge in [0.15, 0.2) is 6.10 Å². The van der Waals surface area contributed by atoms with E-state index in [1.807, 2.05) is 0 Å². The summed E-state index contributed by atoms with van der Waals surface area (Å²) in [6, 6.07) is 4.18. The molecule has 2 unspecified atom stereocenters. The minimum Gasteiger partial charge on any atom is -0.382 e. The molecular formula is C13H14F3NO3. The minimum absolute atomic E-state index is 0.0831. The predicted octanol–water partition coefficient (Wildman–Crippen LogP) is 1.91. The molecule has 0 saturated carbocycles. The molecule has 2 atom stereocenters. The summed E-state index contributed by atoms with van der Waals surface area (Å²) in [4.78, 5) is 11.6. The Morgan fingerprint density at radius 3 is 2.80 bits per heavy atom. The van der Waals surface area contributed by atoms with Crippen molar-refractivity contribution in [1.29, 1.82) is 0 Å². The summed E-state index contributed by atoms with van der Waals surface area (Å²) in [5.74, 6) is -0.343. The van der Waals surface area contributed by atoms with E-state index in [1.54, 1.807) is 0 Å². The van der Waals surface area contributed by atoms with Gasteiger partial charge in [0.05, 0.1) is 24.8 Å². The van der Waals surface area contributed by atoms with E-state index in [2.05, 4.69) is 5.32 Å². The number of rotatable bonds is 5. The number of hydrogen-bond donors (Lipinski definition) is 1. The van der Waals surface area contributed by atoms with Gasteiger partial charge in [0.2, 0.25) is 0 Å². The van der Waals surface area contributed by atoms with E-state index in [0.29, 0.717) is 12.2 Å². The van der Waals surface area contributed by atoms with Gasteiger partial charge >= 0.3 is 6.18 Å². The van der Waals surface area contributed by atoms with Crippen molar-refractivity contribution in [3.63, 3.8) is 0 Å². The zero-order valence-electron chi connectivity index (χ0n) is 10.7. The zero-order valence-corrected chi connectivity index (χ0v) is 10.7. The van der Waals surface area contributed by atoms with E-state index in [4.69, 9.17) is 9.47 Å². The number of benzene rings is 1. The second kappa shape index (κ2) is 5.80. The van der Waals surface area contributed by atoms with Gasteiger partial charge in [0.1, 0.15) is 0 Å². The third-order valence-electron chi connectivity index (χ3n) is 2.89. The standard InChI is InChI=1S/C13H14F3NO3/c1-19-6-10(17-12(18)11-7-20-11)8-3-2-4-9(5-8)13(14,15)16/h2-5,10-11H,6-7H2,1H3,(H,17,18). The van der Waals surface area contributed by atoms with Gasteiger partial charge < -0.3 is 14.8 Å². The number of hydrogen-bond acceptors (Lipinski definition) is 3. The zero-order chi connectivity index (χ0) is 14.8. The Hall–Kier alpha value is -1.60. The first kappa shape index (κ1) is 14.8. The molecule has 1 aromatic rings. The van der Waals surface area contributed by atoms with Crippen LogP contribution in [0, 0.1) is 0 Å². The average molecular weight is 289 g/mol. The number of nitrogens with one attached hydrogen (secondary N) is 1. The van der Waals surface area contributed by atoms with Crippen LogP contribution >= 0.6 is 0 Å². The number of alkyl halides is 3. The molecule has 4 nitrogen and oxygen atoms in total. The smallest absolute Gasteiger partial charge is 0.382 e. The number of halogens is 3. The number of amides is 1. The van der Waals surface area contributed by atoms with Crippen molar-refractivity contribution in [3.8, 4) is 0 Å². The molecule has 2 rings (SSSR count). The Balaban J connectivity index is 2.17. The van der Waals surface area contributed by atoms with E-state index in [-0.39, 0.29) is 12.5 Å². The molecule has 1 heterocycles. The Kier molecular flexibility index (Phi) is 4.29. The number of methoxy groups -OCH3 is 1. The third-order valence-corrected chi connectivity index (χ3v) is 2.89. The van der Waals surface area contributed by atoms with Crippen LogP contribution in [-0.2, 0) is 20.4 Å². The Morgan fingerprint density at radius 1 is 1.55 bits per heavy atom. The summed E-state index contributed by atoms with van der Waals surface area (Å²) in [7, 11) is 1.42. The molecule has 1 aliphatic heterocycles. The lowest BCUT2D eigenvalue weighted by Gasteiger charge is -2.19. The molecule has 20 heavy (non-hydrogen) atoms. The Bertz CT molecular complexity index is 486. The molecule has 110 valence electrons. The molecule has 0 spiro atoms. The highest BCUT2D eigenvalue weighted by molar-refractivity contribution is 5.83. The molecule has 1 N–H and O–H groups in total. The SMILES string of the molecule is COCC(NC(=O)C1CO1)c1cccc(C(F)(F)F)c1. The highest BCUT2D eigenvalue weighted by Gasteiger charge is 2.34. The molecule has 0 aromatic heterocycles. The first-order valence-corrected chi connectivity index (χ1v) is 6.00. The van der Waals surface area contributed by atoms with Crippen molar-refractivity contribution < 1.29 is 27.4 Å². The van der Waals surface area contributed by atoms with E-state index in [1.165, 1.54) is 19.2 Å². The highest BCUT2D eigenvalue weighted by atomic mass is 19.4. The van der Waals surface area contributed by atoms with E-state index in [0.717, 1.165) is 12.1 Å². The van der Waals surface area contributed by atoms with Gasteiger partial charge in [-0.2, -0.15) is 13.2 Å². The molecule has 0 aliphatic carbocycles. The van der Waals surface area contributed by atoms with Gasteiger partial charge in [-0.3, -0.25) is 4.79 Å². The Morgan fingerprint density at radius 2 is 2.25 bits per heavy atom. The second-order valence-corrected chi connectivity index (χ2v) is 4.46. The van der Waals surface area contributed by atoms with Gasteiger partial charge in [0, 0.05) is 7.11 Å². The number of carbonyl (C=O) groups excluding carboxylic acids is 1. The van der Waals surface area contributed by atoms with Crippen LogP contribution in [0.4, 0.5) is 13.2 Å². The van der Waals surface area contributed by atoms with Crippen LogP contribution < -0.4 is 5.32 Å². The number of carbonyl (C=O) groups is 1. The van der Waals surface area contributed by atoms with Gasteiger partial charge in [0.25, 0.3) is 5.91 Å². The van der Waals surface area contributed by atoms with E-state index < -0.39 is 23.9 Å². The summed E-state index contributed by atoms with van der Waals surface area (Å²) >= 11 is 0. The van der Waals surface area contributed by atoms with Crippen LogP contribution in [0.3, 0.4) is 0 Å². The van der Waals surface area contributed by atoms with Crippen LogP contribution in [-0.4, -0.2) is 32.3 Å². The molecule has 1 amide bonds. The van der Waals surface area contributed by atoms with Crippen molar-refractivity contribution in [2.24, 2.45) is 0 Å². The normalized spacial score (nSPS) is 19.5. The summed E-state index contributed by atoms with van der Waals surface area (Å²) < 4.78 is 47.8. The van der Waals surface area contributed by atoms with Gasteiger partial charge in [-0.1, -0.05) is 12.1 Å². The lowest BCUT2D eigenvalue weighted by Crippen LogP contribution is -2.34. The average Bonchev–Trinajstić information content (AvgIpc) is 3.21. The van der Waals surface area contributed by atoms with Gasteiger partial charge in [-0.25, -0.2) is 0 Å². The maximum atomic E-state index is 12.7. The van der Waals surface area contributed by atoms with Crippen LogP contribution in [0.2, 0.25) is 0 Å². The topological polar surface area (TPSA) is 50.9 Å². The first-order chi connectivity index (χ1) is 9.41. The fourth-order valence-electron chi connectivity index (χ4n) is 1.78. The fraction of sp³-hybridized carbons (Fsp3) is 0.462. The summed E-state index contributed by atoms with van der Waals surface area (Å²) in [5, 5.41) is 2.62. The first-order valence-electron chi connectivity index (χ1n) is 6.00. The lowest BCUT2D eigenvalue weighted by molar-refractivity contribution is -0.137. The molecule has 0 radical (unpaired) electrons. The quantitative estimate of drug-likeness (QED) is 0.842. The van der Waals surface area contributed by atoms with Crippen LogP contribution in [0.1, 0.15) is 17.2 Å². The number of ether oxygens (including phenoxy) is 2. The molecule has 1 fully saturated rings. The molecule has 1 aromatic carbocycles. The molecule has 7 heteroatoms. The monoisotopic (exact) mass is 289 g/mol. The van der Waals surface area contributed by atoms with Crippen molar-refractivity contribution in [1.82, 2.24) is 5.32 Å². The maximum absolute atomic E-state index is 12.7. The molecule has 1 aliphatic rings. The molecule has 0 bridgehead atoms. The third kappa shape index (κ3) is 3.71. The van der Waals surface area contributed by atoms with Gasteiger partial charge in [-0.15, -0.1) is 0 Å².